The van der Waals surface area contributed by atoms with E-state index in [2.05, 4.69) is 15.0 Å². The van der Waals surface area contributed by atoms with Crippen LogP contribution in [0.15, 0.2) is 36.5 Å². The normalized spacial score (nSPS) is 14.5. The zero-order valence-electron chi connectivity index (χ0n) is 15.8. The summed E-state index contributed by atoms with van der Waals surface area (Å²) in [5.41, 5.74) is 2.60. The third-order valence-corrected chi connectivity index (χ3v) is 5.54. The maximum Gasteiger partial charge on any atom is 0.266 e. The molecule has 2 aromatic heterocycles. The molecule has 28 heavy (non-hydrogen) atoms. The summed E-state index contributed by atoms with van der Waals surface area (Å²) in [6.07, 6.45) is 1.36. The molecular formula is C20H22N4O3S. The molecule has 1 aliphatic heterocycles. The van der Waals surface area contributed by atoms with Crippen LogP contribution in [0.25, 0.3) is 11.4 Å². The van der Waals surface area contributed by atoms with Gasteiger partial charge in [-0.3, -0.25) is 4.79 Å². The van der Waals surface area contributed by atoms with E-state index in [9.17, 15) is 4.79 Å². The van der Waals surface area contributed by atoms with Crippen LogP contribution in [0.3, 0.4) is 0 Å². The Bertz CT molecular complexity index is 948. The lowest BCUT2D eigenvalue weighted by atomic mass is 10.2. The van der Waals surface area contributed by atoms with Crippen molar-refractivity contribution < 1.29 is 14.3 Å². The molecule has 3 aromatic rings. The fourth-order valence-corrected chi connectivity index (χ4v) is 4.06. The number of nitrogens with zero attached hydrogens (tertiary/aromatic N) is 3. The first-order chi connectivity index (χ1) is 13.6. The minimum absolute atomic E-state index is 0.0712. The minimum Gasteiger partial charge on any atom is -0.348 e. The Morgan fingerprint density at radius 1 is 1.25 bits per heavy atom. The summed E-state index contributed by atoms with van der Waals surface area (Å²) < 4.78 is 11.1. The molecule has 0 spiro atoms. The number of H-pyrrole nitrogens is 1. The van der Waals surface area contributed by atoms with Crippen molar-refractivity contribution in [2.45, 2.75) is 26.7 Å². The molecule has 146 valence electrons. The van der Waals surface area contributed by atoms with Crippen molar-refractivity contribution >= 4 is 17.2 Å². The number of ether oxygens (including phenoxy) is 2. The summed E-state index contributed by atoms with van der Waals surface area (Å²) in [6, 6.07) is 9.90. The smallest absolute Gasteiger partial charge is 0.266 e. The number of hydrogen-bond donors (Lipinski definition) is 1. The Morgan fingerprint density at radius 3 is 2.68 bits per heavy atom. The van der Waals surface area contributed by atoms with Gasteiger partial charge in [-0.1, -0.05) is 30.3 Å². The second kappa shape index (κ2) is 8.22. The van der Waals surface area contributed by atoms with Gasteiger partial charge in [0, 0.05) is 5.56 Å². The maximum atomic E-state index is 13.2. The SMILES string of the molecule is Cc1nc(C)c(C(=O)N(Cc2cnc(-c3ccccc3)[nH]2)CC2OCCO2)s1. The van der Waals surface area contributed by atoms with E-state index in [4.69, 9.17) is 9.47 Å². The molecule has 0 aliphatic carbocycles. The molecule has 7 nitrogen and oxygen atoms in total. The highest BCUT2D eigenvalue weighted by Crippen LogP contribution is 2.22. The number of hydrogen-bond acceptors (Lipinski definition) is 6. The number of aromatic nitrogens is 3. The van der Waals surface area contributed by atoms with Crippen LogP contribution in [0.1, 0.15) is 26.1 Å². The standard InChI is InChI=1S/C20H22N4O3S/c1-13-18(28-14(2)22-13)20(25)24(12-17-26-8-9-27-17)11-16-10-21-19(23-16)15-6-4-3-5-7-15/h3-7,10,17H,8-9,11-12H2,1-2H3,(H,21,23). The second-order valence-electron chi connectivity index (χ2n) is 6.63. The molecule has 4 rings (SSSR count). The molecular weight excluding hydrogens is 376 g/mol. The molecule has 8 heteroatoms. The van der Waals surface area contributed by atoms with Crippen molar-refractivity contribution in [3.63, 3.8) is 0 Å². The molecule has 1 fully saturated rings. The van der Waals surface area contributed by atoms with Gasteiger partial charge < -0.3 is 19.4 Å². The number of carbonyl (C=O) groups excluding carboxylic acids is 1. The number of rotatable bonds is 6. The number of carbonyl (C=O) groups is 1. The van der Waals surface area contributed by atoms with E-state index < -0.39 is 6.29 Å². The highest BCUT2D eigenvalue weighted by atomic mass is 32.1. The zero-order valence-corrected chi connectivity index (χ0v) is 16.7. The quantitative estimate of drug-likeness (QED) is 0.690. The Labute approximate surface area is 167 Å². The van der Waals surface area contributed by atoms with Crippen molar-refractivity contribution in [2.24, 2.45) is 0 Å². The molecule has 0 saturated carbocycles. The Balaban J connectivity index is 1.56. The first kappa shape index (κ1) is 18.8. The molecule has 1 aromatic carbocycles. The molecule has 0 radical (unpaired) electrons. The van der Waals surface area contributed by atoms with Crippen LogP contribution in [0.5, 0.6) is 0 Å². The van der Waals surface area contributed by atoms with Crippen molar-refractivity contribution in [3.8, 4) is 11.4 Å². The van der Waals surface area contributed by atoms with E-state index in [-0.39, 0.29) is 5.91 Å². The fourth-order valence-electron chi connectivity index (χ4n) is 3.17. The molecule has 1 saturated heterocycles. The van der Waals surface area contributed by atoms with Gasteiger partial charge in [-0.2, -0.15) is 0 Å². The molecule has 0 atom stereocenters. The van der Waals surface area contributed by atoms with Crippen LogP contribution in [-0.4, -0.2) is 51.8 Å². The molecule has 1 N–H and O–H groups in total. The number of imidazole rings is 1. The highest BCUT2D eigenvalue weighted by molar-refractivity contribution is 7.13. The Morgan fingerprint density at radius 2 is 2.00 bits per heavy atom. The fraction of sp³-hybridized carbons (Fsp3) is 0.350. The summed E-state index contributed by atoms with van der Waals surface area (Å²) in [4.78, 5) is 27.7. The predicted octanol–water partition coefficient (Wildman–Crippen LogP) is 3.17. The summed E-state index contributed by atoms with van der Waals surface area (Å²) in [7, 11) is 0. The van der Waals surface area contributed by atoms with Crippen molar-refractivity contribution in [1.29, 1.82) is 0 Å². The van der Waals surface area contributed by atoms with Gasteiger partial charge >= 0.3 is 0 Å². The van der Waals surface area contributed by atoms with E-state index >= 15 is 0 Å². The molecule has 1 aliphatic rings. The van der Waals surface area contributed by atoms with Crippen LogP contribution in [0.2, 0.25) is 0 Å². The van der Waals surface area contributed by atoms with Crippen molar-refractivity contribution in [1.82, 2.24) is 19.9 Å². The Hall–Kier alpha value is -2.55. The van der Waals surface area contributed by atoms with E-state index in [0.29, 0.717) is 31.2 Å². The van der Waals surface area contributed by atoms with Crippen LogP contribution in [0, 0.1) is 13.8 Å². The summed E-state index contributed by atoms with van der Waals surface area (Å²) in [5, 5.41) is 0.877. The van der Waals surface area contributed by atoms with E-state index in [1.165, 1.54) is 11.3 Å². The summed E-state index contributed by atoms with van der Waals surface area (Å²) >= 11 is 1.41. The lowest BCUT2D eigenvalue weighted by Crippen LogP contribution is -2.37. The van der Waals surface area contributed by atoms with Crippen LogP contribution in [-0.2, 0) is 16.0 Å². The van der Waals surface area contributed by atoms with Gasteiger partial charge in [0.05, 0.1) is 48.9 Å². The third kappa shape index (κ3) is 4.14. The number of amides is 1. The topological polar surface area (TPSA) is 80.3 Å². The van der Waals surface area contributed by atoms with Gasteiger partial charge in [-0.05, 0) is 13.8 Å². The van der Waals surface area contributed by atoms with E-state index in [1.807, 2.05) is 44.2 Å². The first-order valence-corrected chi connectivity index (χ1v) is 9.97. The average Bonchev–Trinajstić information content (AvgIpc) is 3.43. The average molecular weight is 398 g/mol. The molecule has 1 amide bonds. The number of nitrogens with one attached hydrogen (secondary N) is 1. The Kier molecular flexibility index (Phi) is 5.52. The van der Waals surface area contributed by atoms with Crippen LogP contribution < -0.4 is 0 Å². The van der Waals surface area contributed by atoms with Gasteiger partial charge in [-0.15, -0.1) is 11.3 Å². The molecule has 3 heterocycles. The van der Waals surface area contributed by atoms with Gasteiger partial charge in [0.25, 0.3) is 5.91 Å². The summed E-state index contributed by atoms with van der Waals surface area (Å²) in [6.45, 7) is 5.61. The number of thiazole rings is 1. The first-order valence-electron chi connectivity index (χ1n) is 9.16. The largest absolute Gasteiger partial charge is 0.348 e. The zero-order chi connectivity index (χ0) is 19.5. The highest BCUT2D eigenvalue weighted by Gasteiger charge is 2.27. The predicted molar refractivity (Wildman–Crippen MR) is 106 cm³/mol. The molecule has 0 unspecified atom stereocenters. The van der Waals surface area contributed by atoms with Gasteiger partial charge in [0.15, 0.2) is 6.29 Å². The minimum atomic E-state index is -0.408. The van der Waals surface area contributed by atoms with E-state index in [0.717, 1.165) is 27.8 Å². The summed E-state index contributed by atoms with van der Waals surface area (Å²) in [5.74, 6) is 0.708. The second-order valence-corrected chi connectivity index (χ2v) is 7.83. The molecule has 0 bridgehead atoms. The van der Waals surface area contributed by atoms with Gasteiger partial charge in [0.1, 0.15) is 10.7 Å². The number of aromatic amines is 1. The lowest BCUT2D eigenvalue weighted by molar-refractivity contribution is -0.0585. The van der Waals surface area contributed by atoms with E-state index in [1.54, 1.807) is 11.1 Å². The maximum absolute atomic E-state index is 13.2. The van der Waals surface area contributed by atoms with Gasteiger partial charge in [-0.25, -0.2) is 9.97 Å². The lowest BCUT2D eigenvalue weighted by Gasteiger charge is -2.24. The van der Waals surface area contributed by atoms with Crippen molar-refractivity contribution in [2.75, 3.05) is 19.8 Å². The van der Waals surface area contributed by atoms with Crippen LogP contribution in [0.4, 0.5) is 0 Å². The van der Waals surface area contributed by atoms with Crippen molar-refractivity contribution in [3.05, 3.63) is 57.8 Å². The third-order valence-electron chi connectivity index (χ3n) is 4.48. The van der Waals surface area contributed by atoms with Gasteiger partial charge in [0.2, 0.25) is 0 Å². The number of benzene rings is 1. The monoisotopic (exact) mass is 398 g/mol. The van der Waals surface area contributed by atoms with Crippen LogP contribution >= 0.6 is 11.3 Å². The number of aryl methyl sites for hydroxylation is 2.